The van der Waals surface area contributed by atoms with Crippen LogP contribution in [0.4, 0.5) is 4.39 Å². The van der Waals surface area contributed by atoms with Crippen LogP contribution in [0.15, 0.2) is 36.4 Å². The summed E-state index contributed by atoms with van der Waals surface area (Å²) in [6.45, 7) is 0.959. The first kappa shape index (κ1) is 13.2. The van der Waals surface area contributed by atoms with E-state index in [1.54, 1.807) is 12.1 Å². The van der Waals surface area contributed by atoms with Crippen molar-refractivity contribution in [2.45, 2.75) is 6.04 Å². The molecule has 0 amide bonds. The summed E-state index contributed by atoms with van der Waals surface area (Å²) in [5, 5.41) is 0.341. The molecular weight excluding hydrogens is 281 g/mol. The van der Waals surface area contributed by atoms with Gasteiger partial charge in [0.05, 0.1) is 6.04 Å². The van der Waals surface area contributed by atoms with E-state index in [-0.39, 0.29) is 0 Å². The third-order valence-corrected chi connectivity index (χ3v) is 3.46. The summed E-state index contributed by atoms with van der Waals surface area (Å²) in [5.41, 5.74) is 7.24. The lowest BCUT2D eigenvalue weighted by Gasteiger charge is -2.23. The molecule has 1 aliphatic rings. The Balaban J connectivity index is 2.04. The molecular formula is C15H13ClFNO2. The molecule has 1 heterocycles. The van der Waals surface area contributed by atoms with Gasteiger partial charge in [-0.3, -0.25) is 0 Å². The molecule has 0 spiro atoms. The number of nitrogens with two attached hydrogens (primary N) is 1. The van der Waals surface area contributed by atoms with E-state index in [1.165, 1.54) is 6.07 Å². The van der Waals surface area contributed by atoms with Crippen LogP contribution in [-0.2, 0) is 0 Å². The summed E-state index contributed by atoms with van der Waals surface area (Å²) >= 11 is 5.76. The zero-order chi connectivity index (χ0) is 14.1. The van der Waals surface area contributed by atoms with Crippen LogP contribution < -0.4 is 15.2 Å². The molecule has 2 N–H and O–H groups in total. The van der Waals surface area contributed by atoms with Gasteiger partial charge in [0, 0.05) is 16.1 Å². The van der Waals surface area contributed by atoms with E-state index in [9.17, 15) is 4.39 Å². The number of para-hydroxylation sites is 1. The summed E-state index contributed by atoms with van der Waals surface area (Å²) in [5.74, 6) is 0.790. The number of benzene rings is 2. The molecule has 0 saturated heterocycles. The number of ether oxygens (including phenoxy) is 2. The molecule has 0 aliphatic carbocycles. The normalized spacial score (nSPS) is 14.9. The molecule has 2 aromatic carbocycles. The van der Waals surface area contributed by atoms with Crippen LogP contribution in [0.1, 0.15) is 17.2 Å². The Bertz CT molecular complexity index is 648. The average molecular weight is 294 g/mol. The van der Waals surface area contributed by atoms with E-state index in [2.05, 4.69) is 0 Å². The highest BCUT2D eigenvalue weighted by atomic mass is 35.5. The zero-order valence-corrected chi connectivity index (χ0v) is 11.4. The molecule has 0 aromatic heterocycles. The van der Waals surface area contributed by atoms with Crippen LogP contribution in [0, 0.1) is 5.82 Å². The zero-order valence-electron chi connectivity index (χ0n) is 10.6. The maximum atomic E-state index is 14.0. The van der Waals surface area contributed by atoms with Gasteiger partial charge in [0.2, 0.25) is 0 Å². The van der Waals surface area contributed by atoms with Crippen molar-refractivity contribution in [2.24, 2.45) is 5.73 Å². The molecule has 3 rings (SSSR count). The topological polar surface area (TPSA) is 44.5 Å². The Labute approximate surface area is 121 Å². The minimum absolute atomic E-state index is 0.341. The molecule has 0 fully saturated rings. The lowest BCUT2D eigenvalue weighted by atomic mass is 9.97. The first-order valence-electron chi connectivity index (χ1n) is 6.26. The van der Waals surface area contributed by atoms with Gasteiger partial charge < -0.3 is 15.2 Å². The van der Waals surface area contributed by atoms with Crippen LogP contribution in [0.3, 0.4) is 0 Å². The third-order valence-electron chi connectivity index (χ3n) is 3.23. The molecule has 104 valence electrons. The minimum atomic E-state index is -0.635. The van der Waals surface area contributed by atoms with Crippen LogP contribution in [0.2, 0.25) is 5.02 Å². The molecule has 0 saturated carbocycles. The number of halogens is 2. The Hall–Kier alpha value is -1.78. The molecule has 0 bridgehead atoms. The standard InChI is InChI=1S/C15H13ClFNO2/c16-9-4-5-10(12(17)8-9)14(18)11-2-1-3-13-15(11)20-7-6-19-13/h1-5,8,14H,6-7,18H2. The highest BCUT2D eigenvalue weighted by Crippen LogP contribution is 2.38. The molecule has 1 unspecified atom stereocenters. The summed E-state index contributed by atoms with van der Waals surface area (Å²) < 4.78 is 25.1. The average Bonchev–Trinajstić information content (AvgIpc) is 2.46. The summed E-state index contributed by atoms with van der Waals surface area (Å²) in [4.78, 5) is 0. The van der Waals surface area contributed by atoms with Gasteiger partial charge in [-0.2, -0.15) is 0 Å². The predicted molar refractivity (Wildman–Crippen MR) is 74.9 cm³/mol. The van der Waals surface area contributed by atoms with Crippen LogP contribution in [0.5, 0.6) is 11.5 Å². The van der Waals surface area contributed by atoms with Crippen molar-refractivity contribution in [1.29, 1.82) is 0 Å². The SMILES string of the molecule is NC(c1ccc(Cl)cc1F)c1cccc2c1OCCO2. The van der Waals surface area contributed by atoms with Crippen LogP contribution >= 0.6 is 11.6 Å². The smallest absolute Gasteiger partial charge is 0.166 e. The second-order valence-corrected chi connectivity index (χ2v) is 4.95. The van der Waals surface area contributed by atoms with E-state index in [4.69, 9.17) is 26.8 Å². The van der Waals surface area contributed by atoms with E-state index in [0.717, 1.165) is 0 Å². The molecule has 3 nitrogen and oxygen atoms in total. The van der Waals surface area contributed by atoms with E-state index >= 15 is 0 Å². The second kappa shape index (κ2) is 5.31. The molecule has 1 aliphatic heterocycles. The summed E-state index contributed by atoms with van der Waals surface area (Å²) in [6, 6.07) is 9.26. The Morgan fingerprint density at radius 1 is 1.10 bits per heavy atom. The van der Waals surface area contributed by atoms with Crippen LogP contribution in [0.25, 0.3) is 0 Å². The van der Waals surface area contributed by atoms with Gasteiger partial charge in [-0.15, -0.1) is 0 Å². The van der Waals surface area contributed by atoms with Gasteiger partial charge in [-0.1, -0.05) is 29.8 Å². The molecule has 20 heavy (non-hydrogen) atoms. The summed E-state index contributed by atoms with van der Waals surface area (Å²) in [7, 11) is 0. The molecule has 2 aromatic rings. The van der Waals surface area contributed by atoms with Gasteiger partial charge in [-0.05, 0) is 18.2 Å². The minimum Gasteiger partial charge on any atom is -0.486 e. The lowest BCUT2D eigenvalue weighted by Crippen LogP contribution is -2.20. The quantitative estimate of drug-likeness (QED) is 0.924. The maximum absolute atomic E-state index is 14.0. The highest BCUT2D eigenvalue weighted by Gasteiger charge is 2.22. The van der Waals surface area contributed by atoms with Crippen LogP contribution in [-0.4, -0.2) is 13.2 Å². The van der Waals surface area contributed by atoms with Gasteiger partial charge in [0.15, 0.2) is 11.5 Å². The molecule has 5 heteroatoms. The van der Waals surface area contributed by atoms with E-state index in [0.29, 0.717) is 40.9 Å². The fourth-order valence-electron chi connectivity index (χ4n) is 2.26. The van der Waals surface area contributed by atoms with Crippen molar-refractivity contribution in [2.75, 3.05) is 13.2 Å². The number of hydrogen-bond acceptors (Lipinski definition) is 3. The monoisotopic (exact) mass is 293 g/mol. The fraction of sp³-hybridized carbons (Fsp3) is 0.200. The largest absolute Gasteiger partial charge is 0.486 e. The first-order chi connectivity index (χ1) is 9.66. The van der Waals surface area contributed by atoms with Gasteiger partial charge in [0.25, 0.3) is 0 Å². The Kier molecular flexibility index (Phi) is 3.51. The van der Waals surface area contributed by atoms with Crippen molar-refractivity contribution in [1.82, 2.24) is 0 Å². The van der Waals surface area contributed by atoms with Gasteiger partial charge in [0.1, 0.15) is 19.0 Å². The number of rotatable bonds is 2. The third kappa shape index (κ3) is 2.32. The van der Waals surface area contributed by atoms with E-state index < -0.39 is 11.9 Å². The predicted octanol–water partition coefficient (Wildman–Crippen LogP) is 3.30. The first-order valence-corrected chi connectivity index (χ1v) is 6.63. The maximum Gasteiger partial charge on any atom is 0.166 e. The summed E-state index contributed by atoms with van der Waals surface area (Å²) in [6.07, 6.45) is 0. The van der Waals surface area contributed by atoms with Crippen molar-refractivity contribution >= 4 is 11.6 Å². The Morgan fingerprint density at radius 2 is 1.90 bits per heavy atom. The van der Waals surface area contributed by atoms with Gasteiger partial charge in [-0.25, -0.2) is 4.39 Å². The highest BCUT2D eigenvalue weighted by molar-refractivity contribution is 6.30. The van der Waals surface area contributed by atoms with Crippen molar-refractivity contribution < 1.29 is 13.9 Å². The second-order valence-electron chi connectivity index (χ2n) is 4.51. The number of fused-ring (bicyclic) bond motifs is 1. The number of hydrogen-bond donors (Lipinski definition) is 1. The van der Waals surface area contributed by atoms with Crippen molar-refractivity contribution in [3.8, 4) is 11.5 Å². The van der Waals surface area contributed by atoms with Crippen molar-refractivity contribution in [3.05, 3.63) is 58.4 Å². The Morgan fingerprint density at radius 3 is 2.70 bits per heavy atom. The van der Waals surface area contributed by atoms with Gasteiger partial charge >= 0.3 is 0 Å². The lowest BCUT2D eigenvalue weighted by molar-refractivity contribution is 0.169. The molecule has 1 atom stereocenters. The fourth-order valence-corrected chi connectivity index (χ4v) is 2.42. The van der Waals surface area contributed by atoms with E-state index in [1.807, 2.05) is 18.2 Å². The van der Waals surface area contributed by atoms with Crippen molar-refractivity contribution in [3.63, 3.8) is 0 Å². The molecule has 0 radical (unpaired) electrons.